The highest BCUT2D eigenvalue weighted by atomic mass is 16.3. The molecule has 0 radical (unpaired) electrons. The fraction of sp³-hybridized carbons (Fsp3) is 0.368. The van der Waals surface area contributed by atoms with E-state index in [-0.39, 0.29) is 0 Å². The lowest BCUT2D eigenvalue weighted by Gasteiger charge is -2.09. The zero-order valence-corrected chi connectivity index (χ0v) is 12.5. The van der Waals surface area contributed by atoms with Crippen LogP contribution in [0.1, 0.15) is 49.3 Å². The first-order chi connectivity index (χ1) is 10.2. The van der Waals surface area contributed by atoms with Crippen molar-refractivity contribution in [2.45, 2.75) is 45.4 Å². The minimum absolute atomic E-state index is 0.342. The molecule has 1 aliphatic rings. The molecule has 2 aromatic rings. The number of fused-ring (bicyclic) bond motifs is 3. The third kappa shape index (κ3) is 2.63. The third-order valence-corrected chi connectivity index (χ3v) is 4.38. The van der Waals surface area contributed by atoms with Gasteiger partial charge in [-0.2, -0.15) is 0 Å². The van der Waals surface area contributed by atoms with Gasteiger partial charge in [0.2, 0.25) is 0 Å². The predicted molar refractivity (Wildman–Crippen MR) is 85.9 cm³/mol. The van der Waals surface area contributed by atoms with Crippen LogP contribution in [0.2, 0.25) is 0 Å². The van der Waals surface area contributed by atoms with Gasteiger partial charge >= 0.3 is 0 Å². The van der Waals surface area contributed by atoms with E-state index in [0.717, 1.165) is 47.1 Å². The molecule has 0 saturated carbocycles. The standard InChI is InChI=1S/C19H22O2/c1-2-3-4-5-7-13-11-16-15(12-18(13)21)10-14-8-6-9-17(20)19(14)16/h6,8-9,11-12,20-21H,2-5,7,10H2,1H3. The molecule has 0 spiro atoms. The summed E-state index contributed by atoms with van der Waals surface area (Å²) in [6.07, 6.45) is 6.47. The fourth-order valence-corrected chi connectivity index (χ4v) is 3.25. The van der Waals surface area contributed by atoms with E-state index in [1.54, 1.807) is 6.07 Å². The van der Waals surface area contributed by atoms with Crippen molar-refractivity contribution in [1.29, 1.82) is 0 Å². The monoisotopic (exact) mass is 282 g/mol. The predicted octanol–water partition coefficient (Wildman–Crippen LogP) is 4.79. The third-order valence-electron chi connectivity index (χ3n) is 4.38. The van der Waals surface area contributed by atoms with Crippen molar-refractivity contribution in [2.75, 3.05) is 0 Å². The average Bonchev–Trinajstić information content (AvgIpc) is 2.82. The van der Waals surface area contributed by atoms with Gasteiger partial charge in [0, 0.05) is 5.56 Å². The van der Waals surface area contributed by atoms with Gasteiger partial charge in [-0.3, -0.25) is 0 Å². The van der Waals surface area contributed by atoms with E-state index in [1.165, 1.54) is 19.3 Å². The molecule has 0 heterocycles. The molecule has 2 nitrogen and oxygen atoms in total. The van der Waals surface area contributed by atoms with E-state index in [1.807, 2.05) is 18.2 Å². The van der Waals surface area contributed by atoms with Crippen LogP contribution in [0.4, 0.5) is 0 Å². The molecule has 2 heteroatoms. The lowest BCUT2D eigenvalue weighted by Crippen LogP contribution is -1.90. The topological polar surface area (TPSA) is 40.5 Å². The first-order valence-corrected chi connectivity index (χ1v) is 7.86. The van der Waals surface area contributed by atoms with E-state index >= 15 is 0 Å². The smallest absolute Gasteiger partial charge is 0.123 e. The number of aryl methyl sites for hydroxylation is 1. The van der Waals surface area contributed by atoms with E-state index in [2.05, 4.69) is 13.0 Å². The minimum Gasteiger partial charge on any atom is -0.508 e. The molecule has 0 atom stereocenters. The summed E-state index contributed by atoms with van der Waals surface area (Å²) in [5.74, 6) is 0.742. The maximum Gasteiger partial charge on any atom is 0.123 e. The zero-order valence-electron chi connectivity index (χ0n) is 12.5. The summed E-state index contributed by atoms with van der Waals surface area (Å²) in [6.45, 7) is 2.20. The largest absolute Gasteiger partial charge is 0.508 e. The van der Waals surface area contributed by atoms with Crippen molar-refractivity contribution < 1.29 is 10.2 Å². The van der Waals surface area contributed by atoms with Crippen molar-refractivity contribution in [1.82, 2.24) is 0 Å². The Morgan fingerprint density at radius 2 is 1.81 bits per heavy atom. The Morgan fingerprint density at radius 3 is 2.62 bits per heavy atom. The molecule has 0 bridgehead atoms. The normalized spacial score (nSPS) is 12.2. The molecular formula is C19H22O2. The summed E-state index contributed by atoms with van der Waals surface area (Å²) in [5, 5.41) is 20.3. The van der Waals surface area contributed by atoms with Crippen LogP contribution in [0.25, 0.3) is 11.1 Å². The maximum absolute atomic E-state index is 10.2. The Kier molecular flexibility index (Phi) is 3.87. The molecular weight excluding hydrogens is 260 g/mol. The van der Waals surface area contributed by atoms with Gasteiger partial charge in [0.1, 0.15) is 11.5 Å². The summed E-state index contributed by atoms with van der Waals surface area (Å²) in [7, 11) is 0. The first kappa shape index (κ1) is 14.0. The molecule has 0 saturated heterocycles. The highest BCUT2D eigenvalue weighted by Gasteiger charge is 2.23. The minimum atomic E-state index is 0.342. The number of rotatable bonds is 5. The zero-order chi connectivity index (χ0) is 14.8. The van der Waals surface area contributed by atoms with Gasteiger partial charge in [0.15, 0.2) is 0 Å². The molecule has 0 aliphatic heterocycles. The van der Waals surface area contributed by atoms with Crippen LogP contribution in [0.5, 0.6) is 11.5 Å². The highest BCUT2D eigenvalue weighted by Crippen LogP contribution is 2.44. The Hall–Kier alpha value is -1.96. The van der Waals surface area contributed by atoms with Gasteiger partial charge in [-0.1, -0.05) is 38.3 Å². The maximum atomic E-state index is 10.2. The van der Waals surface area contributed by atoms with Gasteiger partial charge in [0.25, 0.3) is 0 Å². The molecule has 0 aromatic heterocycles. The summed E-state index contributed by atoms with van der Waals surface area (Å²) in [6, 6.07) is 9.62. The second-order valence-electron chi connectivity index (χ2n) is 5.94. The van der Waals surface area contributed by atoms with Crippen molar-refractivity contribution in [3.8, 4) is 22.6 Å². The quantitative estimate of drug-likeness (QED) is 0.660. The van der Waals surface area contributed by atoms with Gasteiger partial charge in [-0.25, -0.2) is 0 Å². The molecule has 0 fully saturated rings. The first-order valence-electron chi connectivity index (χ1n) is 7.86. The molecule has 2 N–H and O–H groups in total. The number of unbranched alkanes of at least 4 members (excludes halogenated alkanes) is 3. The average molecular weight is 282 g/mol. The van der Waals surface area contributed by atoms with Gasteiger partial charge < -0.3 is 10.2 Å². The van der Waals surface area contributed by atoms with Crippen LogP contribution in [-0.2, 0) is 12.8 Å². The Labute approximate surface area is 126 Å². The summed E-state index contributed by atoms with van der Waals surface area (Å²) < 4.78 is 0. The van der Waals surface area contributed by atoms with Crippen LogP contribution in [0, 0.1) is 0 Å². The van der Waals surface area contributed by atoms with Crippen LogP contribution in [-0.4, -0.2) is 10.2 Å². The molecule has 2 aromatic carbocycles. The van der Waals surface area contributed by atoms with E-state index in [4.69, 9.17) is 0 Å². The van der Waals surface area contributed by atoms with Crippen molar-refractivity contribution in [2.24, 2.45) is 0 Å². The molecule has 0 amide bonds. The fourth-order valence-electron chi connectivity index (χ4n) is 3.25. The van der Waals surface area contributed by atoms with E-state index in [9.17, 15) is 10.2 Å². The van der Waals surface area contributed by atoms with Gasteiger partial charge in [-0.15, -0.1) is 0 Å². The van der Waals surface area contributed by atoms with E-state index in [0.29, 0.717) is 11.5 Å². The molecule has 21 heavy (non-hydrogen) atoms. The number of hydrogen-bond donors (Lipinski definition) is 2. The second-order valence-corrected chi connectivity index (χ2v) is 5.94. The van der Waals surface area contributed by atoms with Crippen molar-refractivity contribution >= 4 is 0 Å². The lowest BCUT2D eigenvalue weighted by molar-refractivity contribution is 0.465. The summed E-state index contributed by atoms with van der Waals surface area (Å²) in [4.78, 5) is 0. The lowest BCUT2D eigenvalue weighted by atomic mass is 9.98. The highest BCUT2D eigenvalue weighted by molar-refractivity contribution is 5.82. The van der Waals surface area contributed by atoms with Crippen molar-refractivity contribution in [3.63, 3.8) is 0 Å². The van der Waals surface area contributed by atoms with Crippen LogP contribution < -0.4 is 0 Å². The SMILES string of the molecule is CCCCCCc1cc2c(cc1O)Cc1cccc(O)c1-2. The number of hydrogen-bond acceptors (Lipinski definition) is 2. The van der Waals surface area contributed by atoms with Crippen molar-refractivity contribution in [3.05, 3.63) is 47.0 Å². The van der Waals surface area contributed by atoms with Gasteiger partial charge in [0.05, 0.1) is 0 Å². The number of aromatic hydroxyl groups is 2. The van der Waals surface area contributed by atoms with E-state index < -0.39 is 0 Å². The van der Waals surface area contributed by atoms with Gasteiger partial charge in [-0.05, 0) is 59.7 Å². The Balaban J connectivity index is 1.90. The number of phenols is 2. The molecule has 0 unspecified atom stereocenters. The molecule has 3 rings (SSSR count). The van der Waals surface area contributed by atoms with Crippen LogP contribution in [0.15, 0.2) is 30.3 Å². The summed E-state index contributed by atoms with van der Waals surface area (Å²) in [5.41, 5.74) is 5.29. The Morgan fingerprint density at radius 1 is 0.952 bits per heavy atom. The second kappa shape index (κ2) is 5.80. The van der Waals surface area contributed by atoms with Crippen LogP contribution >= 0.6 is 0 Å². The molecule has 1 aliphatic carbocycles. The molecule has 110 valence electrons. The Bertz CT molecular complexity index is 659. The van der Waals surface area contributed by atoms with Crippen LogP contribution in [0.3, 0.4) is 0 Å². The number of benzene rings is 2. The number of phenolic OH excluding ortho intramolecular Hbond substituents is 2. The summed E-state index contributed by atoms with van der Waals surface area (Å²) >= 11 is 0.